The molecule has 1 atom stereocenters. The van der Waals surface area contributed by atoms with Crippen LogP contribution in [0.4, 0.5) is 4.79 Å². The van der Waals surface area contributed by atoms with E-state index in [2.05, 4.69) is 9.47 Å². The molecular weight excluding hydrogens is 312 g/mol. The summed E-state index contributed by atoms with van der Waals surface area (Å²) in [6.07, 6.45) is 3.44. The summed E-state index contributed by atoms with van der Waals surface area (Å²) in [5, 5.41) is 7.72. The minimum atomic E-state index is -3.76. The Morgan fingerprint density at radius 2 is 1.82 bits per heavy atom. The maximum Gasteiger partial charge on any atom is 0.508 e. The van der Waals surface area contributed by atoms with Crippen molar-refractivity contribution in [2.45, 2.75) is 50.0 Å². The molecule has 0 aromatic heterocycles. The highest BCUT2D eigenvalue weighted by molar-refractivity contribution is 7.94. The van der Waals surface area contributed by atoms with E-state index >= 15 is 0 Å². The van der Waals surface area contributed by atoms with Crippen LogP contribution in [0.5, 0.6) is 0 Å². The first-order valence-electron chi connectivity index (χ1n) is 6.86. The van der Waals surface area contributed by atoms with Gasteiger partial charge in [-0.2, -0.15) is 0 Å². The Balaban J connectivity index is 4.39. The maximum absolute atomic E-state index is 12.2. The van der Waals surface area contributed by atoms with E-state index in [1.165, 1.54) is 27.9 Å². The molecule has 0 saturated heterocycles. The van der Waals surface area contributed by atoms with Crippen LogP contribution in [0, 0.1) is 0 Å². The number of carboxylic acids is 1. The van der Waals surface area contributed by atoms with Crippen LogP contribution in [0.2, 0.25) is 0 Å². The predicted octanol–water partition coefficient (Wildman–Crippen LogP) is 2.16. The lowest BCUT2D eigenvalue weighted by atomic mass is 10.2. The Bertz CT molecular complexity index is 500. The van der Waals surface area contributed by atoms with Crippen LogP contribution in [0.25, 0.3) is 0 Å². The van der Waals surface area contributed by atoms with Crippen molar-refractivity contribution in [2.75, 3.05) is 13.7 Å². The zero-order chi connectivity index (χ0) is 17.4. The summed E-state index contributed by atoms with van der Waals surface area (Å²) < 4.78 is 32.2. The minimum absolute atomic E-state index is 0.0388. The number of hydrogen-bond acceptors (Lipinski definition) is 6. The zero-order valence-corrected chi connectivity index (χ0v) is 14.2. The van der Waals surface area contributed by atoms with E-state index in [0.717, 1.165) is 0 Å². The number of ether oxygens (including phenoxy) is 2. The summed E-state index contributed by atoms with van der Waals surface area (Å²) in [5.74, 6) is -1.33. The molecule has 0 bridgehead atoms. The van der Waals surface area contributed by atoms with E-state index in [4.69, 9.17) is 5.11 Å². The standard InChI is InChI=1S/C14H24O7S/c1-14(2,3)22(18,19)11(12(15)16)9-7-5-6-8-10-21-13(17)20-4/h6,8,11H,5,7,9-10H2,1-4H3,(H,15,16)/b8-6+. The van der Waals surface area contributed by atoms with Gasteiger partial charge in [-0.25, -0.2) is 13.2 Å². The van der Waals surface area contributed by atoms with Crippen LogP contribution in [-0.2, 0) is 24.1 Å². The number of carboxylic acid groups (broad SMARTS) is 1. The van der Waals surface area contributed by atoms with Gasteiger partial charge in [0.15, 0.2) is 15.1 Å². The molecule has 1 unspecified atom stereocenters. The van der Waals surface area contributed by atoms with E-state index in [-0.39, 0.29) is 13.0 Å². The van der Waals surface area contributed by atoms with Crippen LogP contribution >= 0.6 is 0 Å². The Morgan fingerprint density at radius 1 is 1.23 bits per heavy atom. The molecule has 8 heteroatoms. The zero-order valence-electron chi connectivity index (χ0n) is 13.4. The monoisotopic (exact) mass is 336 g/mol. The molecule has 0 rings (SSSR count). The number of carbonyl (C=O) groups excluding carboxylic acids is 1. The first-order chi connectivity index (χ1) is 10.0. The lowest BCUT2D eigenvalue weighted by molar-refractivity contribution is -0.136. The first kappa shape index (κ1) is 20.4. The van der Waals surface area contributed by atoms with Gasteiger partial charge in [-0.3, -0.25) is 4.79 Å². The number of hydrogen-bond donors (Lipinski definition) is 1. The molecule has 0 aromatic rings. The second-order valence-corrected chi connectivity index (χ2v) is 8.54. The van der Waals surface area contributed by atoms with E-state index in [1.54, 1.807) is 12.2 Å². The van der Waals surface area contributed by atoms with E-state index in [0.29, 0.717) is 12.8 Å². The Hall–Kier alpha value is -1.57. The van der Waals surface area contributed by atoms with Gasteiger partial charge in [0.2, 0.25) is 0 Å². The maximum atomic E-state index is 12.2. The van der Waals surface area contributed by atoms with Gasteiger partial charge in [0, 0.05) is 0 Å². The molecule has 0 heterocycles. The summed E-state index contributed by atoms with van der Waals surface area (Å²) in [4.78, 5) is 21.9. The molecule has 0 aliphatic heterocycles. The van der Waals surface area contributed by atoms with Crippen LogP contribution in [0.1, 0.15) is 40.0 Å². The highest BCUT2D eigenvalue weighted by Gasteiger charge is 2.40. The molecule has 0 amide bonds. The largest absolute Gasteiger partial charge is 0.508 e. The number of carbonyl (C=O) groups is 2. The van der Waals surface area contributed by atoms with Gasteiger partial charge in [-0.05, 0) is 40.0 Å². The number of sulfone groups is 1. The summed E-state index contributed by atoms with van der Waals surface area (Å²) in [7, 11) is -2.56. The van der Waals surface area contributed by atoms with Gasteiger partial charge in [-0.15, -0.1) is 0 Å². The van der Waals surface area contributed by atoms with Crippen LogP contribution < -0.4 is 0 Å². The van der Waals surface area contributed by atoms with Crippen molar-refractivity contribution in [3.05, 3.63) is 12.2 Å². The topological polar surface area (TPSA) is 107 Å². The SMILES string of the molecule is COC(=O)OC/C=C/CCCC(C(=O)O)S(=O)(=O)C(C)(C)C. The lowest BCUT2D eigenvalue weighted by Crippen LogP contribution is -2.41. The van der Waals surface area contributed by atoms with Crippen molar-refractivity contribution in [1.29, 1.82) is 0 Å². The molecule has 0 aromatic carbocycles. The van der Waals surface area contributed by atoms with Gasteiger partial charge in [-0.1, -0.05) is 12.2 Å². The third kappa shape index (κ3) is 6.46. The quantitative estimate of drug-likeness (QED) is 0.411. The van der Waals surface area contributed by atoms with Crippen LogP contribution in [0.15, 0.2) is 12.2 Å². The molecule has 128 valence electrons. The van der Waals surface area contributed by atoms with Crippen molar-refractivity contribution in [3.8, 4) is 0 Å². The Labute approximate surface area is 131 Å². The number of methoxy groups -OCH3 is 1. The van der Waals surface area contributed by atoms with E-state index in [9.17, 15) is 18.0 Å². The Kier molecular flexibility index (Phi) is 8.15. The summed E-state index contributed by atoms with van der Waals surface area (Å²) in [5.41, 5.74) is 0. The fourth-order valence-corrected chi connectivity index (χ4v) is 3.22. The van der Waals surface area contributed by atoms with E-state index < -0.39 is 32.0 Å². The molecule has 0 aliphatic rings. The highest BCUT2D eigenvalue weighted by atomic mass is 32.2. The smallest absolute Gasteiger partial charge is 0.480 e. The van der Waals surface area contributed by atoms with Gasteiger partial charge in [0.25, 0.3) is 0 Å². The number of allylic oxidation sites excluding steroid dienone is 1. The molecule has 0 spiro atoms. The average molecular weight is 336 g/mol. The molecule has 0 saturated carbocycles. The normalized spacial score (nSPS) is 13.8. The van der Waals surface area contributed by atoms with Crippen molar-refractivity contribution in [1.82, 2.24) is 0 Å². The summed E-state index contributed by atoms with van der Waals surface area (Å²) in [6, 6.07) is 0. The average Bonchev–Trinajstić information content (AvgIpc) is 2.39. The van der Waals surface area contributed by atoms with Crippen LogP contribution in [0.3, 0.4) is 0 Å². The molecule has 0 aliphatic carbocycles. The molecule has 0 radical (unpaired) electrons. The van der Waals surface area contributed by atoms with Crippen molar-refractivity contribution < 1.29 is 32.6 Å². The van der Waals surface area contributed by atoms with Crippen molar-refractivity contribution >= 4 is 22.0 Å². The first-order valence-corrected chi connectivity index (χ1v) is 8.40. The van der Waals surface area contributed by atoms with Gasteiger partial charge in [0.1, 0.15) is 6.61 Å². The van der Waals surface area contributed by atoms with Gasteiger partial charge in [0.05, 0.1) is 11.9 Å². The molecule has 22 heavy (non-hydrogen) atoms. The molecule has 1 N–H and O–H groups in total. The fraction of sp³-hybridized carbons (Fsp3) is 0.714. The Morgan fingerprint density at radius 3 is 2.27 bits per heavy atom. The predicted molar refractivity (Wildman–Crippen MR) is 81.4 cm³/mol. The third-order valence-corrected chi connectivity index (χ3v) is 5.86. The summed E-state index contributed by atoms with van der Waals surface area (Å²) in [6.45, 7) is 4.52. The fourth-order valence-electron chi connectivity index (χ4n) is 1.62. The third-order valence-electron chi connectivity index (χ3n) is 2.97. The van der Waals surface area contributed by atoms with Crippen molar-refractivity contribution in [2.24, 2.45) is 0 Å². The van der Waals surface area contributed by atoms with Crippen LogP contribution in [-0.4, -0.2) is 49.4 Å². The van der Waals surface area contributed by atoms with Gasteiger partial charge < -0.3 is 14.6 Å². The summed E-state index contributed by atoms with van der Waals surface area (Å²) >= 11 is 0. The number of rotatable bonds is 8. The number of aliphatic carboxylic acids is 1. The minimum Gasteiger partial charge on any atom is -0.480 e. The van der Waals surface area contributed by atoms with Crippen molar-refractivity contribution in [3.63, 3.8) is 0 Å². The van der Waals surface area contributed by atoms with E-state index in [1.807, 2.05) is 0 Å². The van der Waals surface area contributed by atoms with Gasteiger partial charge >= 0.3 is 12.1 Å². The number of unbranched alkanes of at least 4 members (excludes halogenated alkanes) is 1. The lowest BCUT2D eigenvalue weighted by Gasteiger charge is -2.24. The molecule has 7 nitrogen and oxygen atoms in total. The highest BCUT2D eigenvalue weighted by Crippen LogP contribution is 2.24. The molecule has 0 fully saturated rings. The molecular formula is C14H24O7S. The second-order valence-electron chi connectivity index (χ2n) is 5.65. The second kappa shape index (κ2) is 8.77.